The standard InChI is InChI=1S/C28H25NO6/c1-3-29-27(33)18-6-5-17-19(24(18)28(29)34)11-20-25(21(31)8-13(2)26(20)32)23(17)15-9-14-10-16(30)4-7-22(14)35-12-15/h4-5,7-8,10,12,18-19,23-24,30H,3,6,9,11H2,1-2H3/t18-,19+,23-,24-/m0/s1. The molecule has 0 bridgehead atoms. The van der Waals surface area contributed by atoms with E-state index in [2.05, 4.69) is 0 Å². The number of ketones is 2. The number of rotatable bonds is 2. The number of phenols is 1. The molecule has 4 atom stereocenters. The molecule has 0 saturated carbocycles. The lowest BCUT2D eigenvalue weighted by Gasteiger charge is -2.43. The van der Waals surface area contributed by atoms with Crippen molar-refractivity contribution in [3.8, 4) is 11.5 Å². The molecule has 2 aliphatic heterocycles. The van der Waals surface area contributed by atoms with E-state index in [0.717, 1.165) is 16.7 Å². The van der Waals surface area contributed by atoms with Crippen molar-refractivity contribution in [3.05, 3.63) is 70.0 Å². The molecule has 1 fully saturated rings. The number of ether oxygens (including phenoxy) is 1. The molecule has 1 saturated heterocycles. The molecule has 6 rings (SSSR count). The number of hydrogen-bond donors (Lipinski definition) is 1. The summed E-state index contributed by atoms with van der Waals surface area (Å²) in [6.07, 6.45) is 6.17. The Balaban J connectivity index is 1.49. The lowest BCUT2D eigenvalue weighted by Crippen LogP contribution is -2.41. The number of imide groups is 1. The zero-order valence-electron chi connectivity index (χ0n) is 19.5. The third-order valence-corrected chi connectivity index (χ3v) is 8.12. The van der Waals surface area contributed by atoms with Crippen molar-refractivity contribution in [2.75, 3.05) is 6.54 Å². The monoisotopic (exact) mass is 471 g/mol. The van der Waals surface area contributed by atoms with Crippen molar-refractivity contribution in [3.63, 3.8) is 0 Å². The molecule has 1 N–H and O–H groups in total. The van der Waals surface area contributed by atoms with Gasteiger partial charge >= 0.3 is 0 Å². The van der Waals surface area contributed by atoms with Crippen molar-refractivity contribution in [1.29, 1.82) is 0 Å². The number of phenolic OH excluding ortho intramolecular Hbond substituents is 1. The summed E-state index contributed by atoms with van der Waals surface area (Å²) in [6, 6.07) is 4.89. The van der Waals surface area contributed by atoms with Gasteiger partial charge in [0.25, 0.3) is 0 Å². The van der Waals surface area contributed by atoms with Gasteiger partial charge in [-0.1, -0.05) is 11.6 Å². The molecule has 3 aliphatic carbocycles. The van der Waals surface area contributed by atoms with Crippen LogP contribution in [0.1, 0.15) is 32.3 Å². The summed E-state index contributed by atoms with van der Waals surface area (Å²) in [4.78, 5) is 54.2. The average molecular weight is 472 g/mol. The fourth-order valence-electron chi connectivity index (χ4n) is 6.57. The second kappa shape index (κ2) is 7.63. The number of Topliss-reactive ketones (excluding diaryl/α,β-unsaturated/α-hetero) is 1. The Morgan fingerprint density at radius 3 is 2.69 bits per heavy atom. The van der Waals surface area contributed by atoms with Crippen LogP contribution in [0.2, 0.25) is 0 Å². The minimum atomic E-state index is -0.533. The number of fused-ring (bicyclic) bond motifs is 4. The van der Waals surface area contributed by atoms with Crippen LogP contribution in [0.4, 0.5) is 0 Å². The first-order valence-electron chi connectivity index (χ1n) is 12.0. The molecule has 5 aliphatic rings. The Morgan fingerprint density at radius 1 is 1.11 bits per heavy atom. The van der Waals surface area contributed by atoms with Crippen LogP contribution in [0.25, 0.3) is 0 Å². The maximum absolute atomic E-state index is 13.3. The third-order valence-electron chi connectivity index (χ3n) is 8.12. The van der Waals surface area contributed by atoms with E-state index in [4.69, 9.17) is 4.74 Å². The average Bonchev–Trinajstić information content (AvgIpc) is 3.10. The first-order chi connectivity index (χ1) is 16.8. The van der Waals surface area contributed by atoms with E-state index in [0.29, 0.717) is 41.9 Å². The van der Waals surface area contributed by atoms with Gasteiger partial charge < -0.3 is 9.84 Å². The smallest absolute Gasteiger partial charge is 0.233 e. The first kappa shape index (κ1) is 21.8. The van der Waals surface area contributed by atoms with Crippen molar-refractivity contribution >= 4 is 23.4 Å². The van der Waals surface area contributed by atoms with E-state index in [9.17, 15) is 24.3 Å². The van der Waals surface area contributed by atoms with Crippen LogP contribution in [0.15, 0.2) is 64.5 Å². The fourth-order valence-corrected chi connectivity index (χ4v) is 6.57. The Hall–Kier alpha value is -3.74. The summed E-state index contributed by atoms with van der Waals surface area (Å²) in [6.45, 7) is 3.75. The van der Waals surface area contributed by atoms with Crippen LogP contribution in [0.5, 0.6) is 11.5 Å². The number of carbonyl (C=O) groups is 4. The molecule has 0 radical (unpaired) electrons. The molecule has 2 amide bonds. The lowest BCUT2D eigenvalue weighted by atomic mass is 9.58. The van der Waals surface area contributed by atoms with Gasteiger partial charge in [-0.2, -0.15) is 0 Å². The molecular formula is C28H25NO6. The summed E-state index contributed by atoms with van der Waals surface area (Å²) in [5, 5.41) is 9.99. The highest BCUT2D eigenvalue weighted by molar-refractivity contribution is 6.23. The highest BCUT2D eigenvalue weighted by atomic mass is 16.5. The van der Waals surface area contributed by atoms with Crippen molar-refractivity contribution < 1.29 is 29.0 Å². The van der Waals surface area contributed by atoms with Crippen molar-refractivity contribution in [2.45, 2.75) is 33.1 Å². The molecule has 0 unspecified atom stereocenters. The fraction of sp³-hybridized carbons (Fsp3) is 0.357. The number of likely N-dealkylation sites (tertiary alicyclic amines) is 1. The first-order valence-corrected chi connectivity index (χ1v) is 12.0. The van der Waals surface area contributed by atoms with Gasteiger partial charge in [0.15, 0.2) is 11.6 Å². The van der Waals surface area contributed by atoms with Gasteiger partial charge in [0.05, 0.1) is 18.1 Å². The summed E-state index contributed by atoms with van der Waals surface area (Å²) in [7, 11) is 0. The van der Waals surface area contributed by atoms with Crippen molar-refractivity contribution in [2.24, 2.45) is 23.7 Å². The highest BCUT2D eigenvalue weighted by Crippen LogP contribution is 2.54. The lowest BCUT2D eigenvalue weighted by molar-refractivity contribution is -0.139. The Bertz CT molecular complexity index is 1360. The van der Waals surface area contributed by atoms with Gasteiger partial charge in [-0.05, 0) is 62.5 Å². The third kappa shape index (κ3) is 3.03. The van der Waals surface area contributed by atoms with E-state index in [1.54, 1.807) is 38.3 Å². The molecular weight excluding hydrogens is 446 g/mol. The predicted molar refractivity (Wildman–Crippen MR) is 125 cm³/mol. The predicted octanol–water partition coefficient (Wildman–Crippen LogP) is 3.19. The van der Waals surface area contributed by atoms with Crippen LogP contribution < -0.4 is 4.74 Å². The molecule has 7 heteroatoms. The molecule has 35 heavy (non-hydrogen) atoms. The van der Waals surface area contributed by atoms with Crippen LogP contribution in [-0.2, 0) is 25.6 Å². The quantitative estimate of drug-likeness (QED) is 0.404. The van der Waals surface area contributed by atoms with E-state index in [1.165, 1.54) is 11.0 Å². The largest absolute Gasteiger partial charge is 0.508 e. The number of aromatic hydroxyl groups is 1. The minimum Gasteiger partial charge on any atom is -0.508 e. The molecule has 178 valence electrons. The van der Waals surface area contributed by atoms with Gasteiger partial charge in [-0.25, -0.2) is 0 Å². The zero-order chi connectivity index (χ0) is 24.6. The number of amides is 2. The number of allylic oxidation sites excluding steroid dienone is 7. The molecule has 7 nitrogen and oxygen atoms in total. The van der Waals surface area contributed by atoms with Crippen LogP contribution in [-0.4, -0.2) is 39.9 Å². The molecule has 2 heterocycles. The maximum atomic E-state index is 13.3. The van der Waals surface area contributed by atoms with E-state index >= 15 is 0 Å². The van der Waals surface area contributed by atoms with E-state index in [1.807, 2.05) is 6.08 Å². The topological polar surface area (TPSA) is 101 Å². The summed E-state index contributed by atoms with van der Waals surface area (Å²) >= 11 is 0. The van der Waals surface area contributed by atoms with Gasteiger partial charge in [0.1, 0.15) is 11.5 Å². The zero-order valence-corrected chi connectivity index (χ0v) is 19.5. The van der Waals surface area contributed by atoms with Crippen LogP contribution in [0, 0.1) is 23.7 Å². The van der Waals surface area contributed by atoms with Gasteiger partial charge in [0, 0.05) is 41.2 Å². The molecule has 1 aromatic carbocycles. The Labute approximate surface area is 202 Å². The number of carbonyl (C=O) groups excluding carboxylic acids is 4. The SMILES string of the molecule is CCN1C(=O)[C@H]2[C@H](CC=C3[C@H](C4=COc5ccc(O)cc5C4)C4=C(C[C@H]32)C(=O)C(C)=CC4=O)C1=O. The second-order valence-electron chi connectivity index (χ2n) is 9.93. The van der Waals surface area contributed by atoms with Crippen LogP contribution in [0.3, 0.4) is 0 Å². The van der Waals surface area contributed by atoms with Gasteiger partial charge in [0.2, 0.25) is 11.8 Å². The molecule has 0 spiro atoms. The van der Waals surface area contributed by atoms with Gasteiger partial charge in [-0.3, -0.25) is 24.1 Å². The summed E-state index contributed by atoms with van der Waals surface area (Å²) < 4.78 is 5.88. The number of hydrogen-bond acceptors (Lipinski definition) is 6. The summed E-state index contributed by atoms with van der Waals surface area (Å²) in [5.74, 6) is -1.78. The van der Waals surface area contributed by atoms with Crippen molar-refractivity contribution in [1.82, 2.24) is 4.90 Å². The molecule has 0 aromatic heterocycles. The van der Waals surface area contributed by atoms with E-state index in [-0.39, 0.29) is 41.5 Å². The number of benzene rings is 1. The normalized spacial score (nSPS) is 29.5. The Morgan fingerprint density at radius 2 is 1.91 bits per heavy atom. The van der Waals surface area contributed by atoms with E-state index < -0.39 is 17.8 Å². The van der Waals surface area contributed by atoms with Gasteiger partial charge in [-0.15, -0.1) is 0 Å². The molecule has 1 aromatic rings. The number of nitrogens with zero attached hydrogens (tertiary/aromatic N) is 1. The maximum Gasteiger partial charge on any atom is 0.233 e. The summed E-state index contributed by atoms with van der Waals surface area (Å²) in [5.41, 5.74) is 3.77. The second-order valence-corrected chi connectivity index (χ2v) is 9.93. The van der Waals surface area contributed by atoms with Crippen LogP contribution >= 0.6 is 0 Å². The minimum absolute atomic E-state index is 0.118. The Kier molecular flexibility index (Phi) is 4.75. The highest BCUT2D eigenvalue weighted by Gasteiger charge is 2.56.